The zero-order valence-electron chi connectivity index (χ0n) is 42.7. The second kappa shape index (κ2) is 27.1. The van der Waals surface area contributed by atoms with Crippen LogP contribution in [0.3, 0.4) is 0 Å². The van der Waals surface area contributed by atoms with Crippen LogP contribution in [0.15, 0.2) is 91.4 Å². The number of hydrogen-bond donors (Lipinski definition) is 5. The first-order valence-corrected chi connectivity index (χ1v) is 23.4. The molecule has 0 aliphatic heterocycles. The predicted octanol–water partition coefficient (Wildman–Crippen LogP) is 10.5. The summed E-state index contributed by atoms with van der Waals surface area (Å²) in [5, 5.41) is 24.6. The number of aromatic nitrogens is 3. The van der Waals surface area contributed by atoms with Crippen LogP contribution in [0.4, 0.5) is 31.8 Å². The number of carbonyl (C=O) groups excluding carboxylic acids is 4. The van der Waals surface area contributed by atoms with Crippen molar-refractivity contribution in [3.8, 4) is 11.1 Å². The van der Waals surface area contributed by atoms with Crippen LogP contribution in [0.1, 0.15) is 117 Å². The summed E-state index contributed by atoms with van der Waals surface area (Å²) in [7, 11) is 6.52. The van der Waals surface area contributed by atoms with E-state index in [0.717, 1.165) is 27.0 Å². The number of carbonyl (C=O) groups is 4. The van der Waals surface area contributed by atoms with Gasteiger partial charge in [-0.05, 0) is 185 Å². The first kappa shape index (κ1) is 60.5. The van der Waals surface area contributed by atoms with Crippen LogP contribution in [-0.2, 0) is 14.2 Å². The molecule has 0 aliphatic carbocycles. The molecule has 0 saturated carbocycles. The van der Waals surface area contributed by atoms with Gasteiger partial charge in [0.2, 0.25) is 0 Å². The maximum Gasteiger partial charge on any atom is 0.491 e. The van der Waals surface area contributed by atoms with Gasteiger partial charge in [0.1, 0.15) is 40.0 Å². The number of hydrogen-bond acceptors (Lipinski definition) is 16. The number of nitrogens with one attached hydrogen (secondary N) is 3. The van der Waals surface area contributed by atoms with Crippen LogP contribution in [0, 0.1) is 0 Å². The molecule has 70 heavy (non-hydrogen) atoms. The monoisotopic (exact) mass is 1100 g/mol. The van der Waals surface area contributed by atoms with Gasteiger partial charge in [0.05, 0.1) is 36.4 Å². The molecule has 0 fully saturated rings. The molecule has 382 valence electrons. The van der Waals surface area contributed by atoms with E-state index in [1.165, 1.54) is 25.5 Å². The molecule has 22 heteroatoms. The fourth-order valence-corrected chi connectivity index (χ4v) is 6.29. The molecule has 0 spiro atoms. The Bertz CT molecular complexity index is 2450. The zero-order chi connectivity index (χ0) is 53.3. The largest absolute Gasteiger partial charge is 0.491 e. The Morgan fingerprint density at radius 2 is 1.00 bits per heavy atom. The quantitative estimate of drug-likeness (QED) is 0.0496. The Hall–Kier alpha value is -5.65. The minimum Gasteiger partial charge on any atom is -0.473 e. The summed E-state index contributed by atoms with van der Waals surface area (Å²) >= 11 is 6.70. The molecule has 0 radical (unpaired) electrons. The normalized spacial score (nSPS) is 12.1. The summed E-state index contributed by atoms with van der Waals surface area (Å²) in [6.45, 7) is 21.7. The highest BCUT2D eigenvalue weighted by Crippen LogP contribution is 2.31. The van der Waals surface area contributed by atoms with Gasteiger partial charge in [-0.1, -0.05) is 0 Å². The van der Waals surface area contributed by atoms with Crippen molar-refractivity contribution in [2.45, 2.75) is 112 Å². The molecule has 5 rings (SSSR count). The van der Waals surface area contributed by atoms with Crippen molar-refractivity contribution in [2.24, 2.45) is 0 Å². The molecule has 0 saturated heterocycles. The molecule has 0 bridgehead atoms. The lowest BCUT2D eigenvalue weighted by Crippen LogP contribution is -2.27. The standard InChI is InChI=1S/C18H25N3O3.C14H22BrN3O2.C12H15BrN2O3.C4H5BO3/c1-12(21(5)6)16-14(13-9-10-23-11-13)7-8-15(19-16)20-17(22)24-18(2,3)4;1-9(18(5)6)12-10(15)7-8-11(16-12)17-13(19)20-14(2,3)4;1-7(16)10-8(13)5-6-9(14-10)15-11(17)18-12(2,3)4;6-5(7)4-1-2-8-3-4/h7-12H,1-6H3,(H,19,20,22);7-9H,1-6H3,(H,16,17,19);5-6H,1-4H3,(H,14,15,17);1-3,6-7H. The maximum absolute atomic E-state index is 12.0. The number of halogens is 2. The minimum atomic E-state index is -1.41. The molecule has 5 heterocycles. The van der Waals surface area contributed by atoms with Gasteiger partial charge in [0, 0.05) is 44.5 Å². The summed E-state index contributed by atoms with van der Waals surface area (Å²) < 4.78 is 26.8. The van der Waals surface area contributed by atoms with E-state index in [1.807, 2.05) is 99.8 Å². The van der Waals surface area contributed by atoms with Crippen LogP contribution in [0.5, 0.6) is 0 Å². The third-order valence-electron chi connectivity index (χ3n) is 8.88. The Morgan fingerprint density at radius 3 is 1.37 bits per heavy atom. The minimum absolute atomic E-state index is 0.0651. The smallest absolute Gasteiger partial charge is 0.473 e. The molecule has 0 aromatic carbocycles. The van der Waals surface area contributed by atoms with Crippen molar-refractivity contribution in [1.29, 1.82) is 0 Å². The molecule has 2 unspecified atom stereocenters. The van der Waals surface area contributed by atoms with E-state index in [0.29, 0.717) is 21.6 Å². The van der Waals surface area contributed by atoms with Gasteiger partial charge in [-0.25, -0.2) is 29.3 Å². The van der Waals surface area contributed by atoms with E-state index in [1.54, 1.807) is 57.6 Å². The molecule has 0 aliphatic rings. The van der Waals surface area contributed by atoms with Gasteiger partial charge < -0.3 is 42.9 Å². The van der Waals surface area contributed by atoms with Crippen LogP contribution in [0.25, 0.3) is 11.1 Å². The van der Waals surface area contributed by atoms with E-state index >= 15 is 0 Å². The van der Waals surface area contributed by atoms with Gasteiger partial charge in [-0.15, -0.1) is 0 Å². The fraction of sp³-hybridized carbons (Fsp3) is 0.438. The summed E-state index contributed by atoms with van der Waals surface area (Å²) in [5.74, 6) is 1.03. The van der Waals surface area contributed by atoms with E-state index in [2.05, 4.69) is 79.0 Å². The lowest BCUT2D eigenvalue weighted by atomic mass is 9.83. The first-order valence-electron chi connectivity index (χ1n) is 21.8. The van der Waals surface area contributed by atoms with Crippen LogP contribution < -0.4 is 21.4 Å². The number of pyridine rings is 3. The first-order chi connectivity index (χ1) is 32.3. The van der Waals surface area contributed by atoms with Crippen LogP contribution in [0.2, 0.25) is 0 Å². The highest BCUT2D eigenvalue weighted by atomic mass is 79.9. The number of furan rings is 2. The number of ether oxygens (including phenoxy) is 3. The maximum atomic E-state index is 12.0. The number of amides is 3. The molecule has 3 amide bonds. The van der Waals surface area contributed by atoms with E-state index < -0.39 is 42.2 Å². The highest BCUT2D eigenvalue weighted by Gasteiger charge is 2.22. The number of anilines is 3. The second-order valence-corrected chi connectivity index (χ2v) is 20.6. The van der Waals surface area contributed by atoms with E-state index in [9.17, 15) is 19.2 Å². The predicted molar refractivity (Wildman–Crippen MR) is 278 cm³/mol. The van der Waals surface area contributed by atoms with Gasteiger partial charge in [0.25, 0.3) is 0 Å². The van der Waals surface area contributed by atoms with E-state index in [-0.39, 0.29) is 29.4 Å². The van der Waals surface area contributed by atoms with Crippen LogP contribution in [-0.4, -0.2) is 111 Å². The Kier molecular flexibility index (Phi) is 23.4. The van der Waals surface area contributed by atoms with Gasteiger partial charge in [0.15, 0.2) is 5.78 Å². The molecule has 5 N–H and O–H groups in total. The van der Waals surface area contributed by atoms with Crippen molar-refractivity contribution >= 4 is 86.0 Å². The zero-order valence-corrected chi connectivity index (χ0v) is 45.9. The molecule has 19 nitrogen and oxygen atoms in total. The SMILES string of the molecule is CC(=O)c1nc(NC(=O)OC(C)(C)C)ccc1Br.CC(c1nc(NC(=O)OC(C)(C)C)ccc1-c1ccoc1)N(C)C.CC(c1nc(NC(=O)OC(C)(C)C)ccc1Br)N(C)C.OB(O)c1ccoc1. The molecular formula is C48H67BBr2N8O11. The average Bonchev–Trinajstić information content (AvgIpc) is 3.97. The third-order valence-corrected chi connectivity index (χ3v) is 10.2. The Morgan fingerprint density at radius 1 is 0.600 bits per heavy atom. The average molecular weight is 1100 g/mol. The van der Waals surface area contributed by atoms with Gasteiger partial charge >= 0.3 is 25.4 Å². The fourth-order valence-electron chi connectivity index (χ4n) is 5.24. The van der Waals surface area contributed by atoms with Gasteiger partial charge in [-0.3, -0.25) is 20.7 Å². The summed E-state index contributed by atoms with van der Waals surface area (Å²) in [6.07, 6.45) is 4.35. The molecule has 5 aromatic rings. The van der Waals surface area contributed by atoms with Gasteiger partial charge in [-0.2, -0.15) is 0 Å². The number of Topliss-reactive ketones (excluding diaryl/α,β-unsaturated/α-hetero) is 1. The Balaban J connectivity index is 0.000000336. The number of nitrogens with zero attached hydrogens (tertiary/aromatic N) is 5. The van der Waals surface area contributed by atoms with E-state index in [4.69, 9.17) is 28.7 Å². The molecule has 5 aromatic heterocycles. The number of ketones is 1. The Labute approximate surface area is 427 Å². The van der Waals surface area contributed by atoms with Crippen LogP contribution >= 0.6 is 31.9 Å². The molecular weight excluding hydrogens is 1040 g/mol. The summed E-state index contributed by atoms with van der Waals surface area (Å²) in [4.78, 5) is 63.7. The summed E-state index contributed by atoms with van der Waals surface area (Å²) in [5.41, 5.74) is 2.63. The van der Waals surface area contributed by atoms with Crippen molar-refractivity contribution in [1.82, 2.24) is 24.8 Å². The van der Waals surface area contributed by atoms with Crippen molar-refractivity contribution in [3.05, 3.63) is 99.6 Å². The second-order valence-electron chi connectivity index (χ2n) is 18.9. The third kappa shape index (κ3) is 22.4. The van der Waals surface area contributed by atoms with Crippen molar-refractivity contribution < 1.29 is 52.3 Å². The van der Waals surface area contributed by atoms with Crippen molar-refractivity contribution in [2.75, 3.05) is 44.1 Å². The molecule has 2 atom stereocenters. The lowest BCUT2D eigenvalue weighted by Gasteiger charge is -2.23. The highest BCUT2D eigenvalue weighted by molar-refractivity contribution is 9.10. The topological polar surface area (TPSA) is 244 Å². The lowest BCUT2D eigenvalue weighted by molar-refractivity contribution is 0.0624. The van der Waals surface area contributed by atoms with Crippen molar-refractivity contribution in [3.63, 3.8) is 0 Å². The number of rotatable bonds is 10. The summed E-state index contributed by atoms with van der Waals surface area (Å²) in [6, 6.07) is 14.1.